The molecule has 0 aliphatic carbocycles. The Balaban J connectivity index is 1.96. The van der Waals surface area contributed by atoms with Gasteiger partial charge in [0.15, 0.2) is 6.10 Å². The number of nitrogens with zero attached hydrogens (tertiary/aromatic N) is 1. The van der Waals surface area contributed by atoms with Crippen LogP contribution in [-0.2, 0) is 4.79 Å². The van der Waals surface area contributed by atoms with Crippen molar-refractivity contribution in [2.24, 2.45) is 0 Å². The number of rotatable bonds is 7. The summed E-state index contributed by atoms with van der Waals surface area (Å²) >= 11 is 11.9. The number of nitrogens with one attached hydrogen (secondary N) is 1. The zero-order valence-corrected chi connectivity index (χ0v) is 16.0. The minimum atomic E-state index is -0.669. The smallest absolute Gasteiger partial charge is 0.260 e. The maximum Gasteiger partial charge on any atom is 0.260 e. The van der Waals surface area contributed by atoms with E-state index in [0.717, 1.165) is 5.56 Å². The number of amides is 1. The van der Waals surface area contributed by atoms with E-state index in [9.17, 15) is 4.79 Å². The van der Waals surface area contributed by atoms with Crippen molar-refractivity contribution in [2.75, 3.05) is 20.6 Å². The summed E-state index contributed by atoms with van der Waals surface area (Å²) in [6.07, 6.45) is -0.669. The Morgan fingerprint density at radius 3 is 2.44 bits per heavy atom. The fourth-order valence-electron chi connectivity index (χ4n) is 2.43. The van der Waals surface area contributed by atoms with Crippen LogP contribution in [0.4, 0.5) is 0 Å². The van der Waals surface area contributed by atoms with Crippen molar-refractivity contribution in [3.8, 4) is 5.75 Å². The minimum Gasteiger partial charge on any atom is -0.479 e. The largest absolute Gasteiger partial charge is 0.479 e. The van der Waals surface area contributed by atoms with Crippen LogP contribution >= 0.6 is 23.2 Å². The summed E-state index contributed by atoms with van der Waals surface area (Å²) in [6.45, 7) is 2.17. The van der Waals surface area contributed by atoms with Gasteiger partial charge in [-0.1, -0.05) is 53.5 Å². The van der Waals surface area contributed by atoms with Gasteiger partial charge in [-0.05, 0) is 44.8 Å². The lowest BCUT2D eigenvalue weighted by atomic mass is 10.1. The lowest BCUT2D eigenvalue weighted by molar-refractivity contribution is -0.127. The highest BCUT2D eigenvalue weighted by molar-refractivity contribution is 6.35. The average Bonchev–Trinajstić information content (AvgIpc) is 2.58. The van der Waals surface area contributed by atoms with Crippen molar-refractivity contribution in [3.63, 3.8) is 0 Å². The molecule has 0 spiro atoms. The number of hydrogen-bond acceptors (Lipinski definition) is 3. The molecule has 0 bridgehead atoms. The Bertz CT molecular complexity index is 708. The van der Waals surface area contributed by atoms with Crippen LogP contribution in [0.1, 0.15) is 18.5 Å². The second-order valence-electron chi connectivity index (χ2n) is 5.97. The van der Waals surface area contributed by atoms with E-state index in [2.05, 4.69) is 10.2 Å². The molecule has 6 heteroatoms. The molecule has 25 heavy (non-hydrogen) atoms. The van der Waals surface area contributed by atoms with Crippen LogP contribution in [0.3, 0.4) is 0 Å². The highest BCUT2D eigenvalue weighted by atomic mass is 35.5. The van der Waals surface area contributed by atoms with Gasteiger partial charge < -0.3 is 15.0 Å². The van der Waals surface area contributed by atoms with Crippen molar-refractivity contribution >= 4 is 29.1 Å². The SMILES string of the molecule is C[C@H](Oc1ccc(Cl)cc1Cl)C(=O)NC[C@@H](c1ccccc1)N(C)C. The Hall–Kier alpha value is -1.75. The van der Waals surface area contributed by atoms with Gasteiger partial charge in [0.2, 0.25) is 0 Å². The van der Waals surface area contributed by atoms with Crippen molar-refractivity contribution in [1.82, 2.24) is 10.2 Å². The predicted octanol–water partition coefficient (Wildman–Crippen LogP) is 4.18. The summed E-state index contributed by atoms with van der Waals surface area (Å²) < 4.78 is 5.64. The van der Waals surface area contributed by atoms with Crippen molar-refractivity contribution < 1.29 is 9.53 Å². The third kappa shape index (κ3) is 5.63. The molecular formula is C19H22Cl2N2O2. The first-order valence-electron chi connectivity index (χ1n) is 7.99. The average molecular weight is 381 g/mol. The molecule has 2 aromatic rings. The summed E-state index contributed by atoms with van der Waals surface area (Å²) in [5, 5.41) is 3.84. The molecule has 2 aromatic carbocycles. The second-order valence-corrected chi connectivity index (χ2v) is 6.81. The number of likely N-dealkylation sites (N-methyl/N-ethyl adjacent to an activating group) is 1. The summed E-state index contributed by atoms with van der Waals surface area (Å²) in [5.74, 6) is 0.231. The van der Waals surface area contributed by atoms with E-state index in [-0.39, 0.29) is 11.9 Å². The van der Waals surface area contributed by atoms with Crippen LogP contribution in [0.25, 0.3) is 0 Å². The molecule has 4 nitrogen and oxygen atoms in total. The van der Waals surface area contributed by atoms with Crippen LogP contribution in [-0.4, -0.2) is 37.6 Å². The first kappa shape index (κ1) is 19.6. The zero-order chi connectivity index (χ0) is 18.4. The normalized spacial score (nSPS) is 13.4. The fraction of sp³-hybridized carbons (Fsp3) is 0.316. The molecule has 0 fully saturated rings. The highest BCUT2D eigenvalue weighted by Gasteiger charge is 2.19. The van der Waals surface area contributed by atoms with E-state index < -0.39 is 6.10 Å². The Morgan fingerprint density at radius 1 is 1.16 bits per heavy atom. The van der Waals surface area contributed by atoms with Gasteiger partial charge in [0.05, 0.1) is 11.1 Å². The van der Waals surface area contributed by atoms with Gasteiger partial charge in [-0.15, -0.1) is 0 Å². The quantitative estimate of drug-likeness (QED) is 0.783. The maximum atomic E-state index is 12.4. The monoisotopic (exact) mass is 380 g/mol. The van der Waals surface area contributed by atoms with E-state index in [1.807, 2.05) is 44.4 Å². The third-order valence-corrected chi connectivity index (χ3v) is 4.37. The van der Waals surface area contributed by atoms with Gasteiger partial charge in [-0.3, -0.25) is 4.79 Å². The molecule has 0 saturated carbocycles. The molecule has 0 heterocycles. The van der Waals surface area contributed by atoms with Crippen LogP contribution in [0.2, 0.25) is 10.0 Å². The predicted molar refractivity (Wildman–Crippen MR) is 102 cm³/mol. The van der Waals surface area contributed by atoms with E-state index in [1.54, 1.807) is 25.1 Å². The van der Waals surface area contributed by atoms with E-state index >= 15 is 0 Å². The first-order chi connectivity index (χ1) is 11.9. The van der Waals surface area contributed by atoms with Crippen LogP contribution in [0.5, 0.6) is 5.75 Å². The van der Waals surface area contributed by atoms with Gasteiger partial charge in [-0.2, -0.15) is 0 Å². The summed E-state index contributed by atoms with van der Waals surface area (Å²) in [4.78, 5) is 14.4. The van der Waals surface area contributed by atoms with Crippen LogP contribution < -0.4 is 10.1 Å². The number of ether oxygens (including phenoxy) is 1. The summed E-state index contributed by atoms with van der Waals surface area (Å²) in [6, 6.07) is 15.0. The number of carbonyl (C=O) groups is 1. The molecule has 1 N–H and O–H groups in total. The first-order valence-corrected chi connectivity index (χ1v) is 8.75. The molecule has 0 aliphatic rings. The van der Waals surface area contributed by atoms with Gasteiger partial charge in [0.25, 0.3) is 5.91 Å². The van der Waals surface area contributed by atoms with E-state index in [1.165, 1.54) is 0 Å². The molecule has 1 amide bonds. The molecule has 0 saturated heterocycles. The lowest BCUT2D eigenvalue weighted by Gasteiger charge is -2.26. The maximum absolute atomic E-state index is 12.4. The molecule has 0 unspecified atom stereocenters. The number of benzene rings is 2. The Labute approximate surface area is 158 Å². The van der Waals surface area contributed by atoms with E-state index in [4.69, 9.17) is 27.9 Å². The highest BCUT2D eigenvalue weighted by Crippen LogP contribution is 2.28. The second kappa shape index (κ2) is 9.09. The number of hydrogen-bond donors (Lipinski definition) is 1. The van der Waals surface area contributed by atoms with Crippen molar-refractivity contribution in [2.45, 2.75) is 19.1 Å². The molecule has 0 radical (unpaired) electrons. The standard InChI is InChI=1S/C19H22Cl2N2O2/c1-13(25-18-10-9-15(20)11-16(18)21)19(24)22-12-17(23(2)3)14-7-5-4-6-8-14/h4-11,13,17H,12H2,1-3H3,(H,22,24)/t13-,17-/m0/s1. The number of carbonyl (C=O) groups excluding carboxylic acids is 1. The molecule has 0 aliphatic heterocycles. The summed E-state index contributed by atoms with van der Waals surface area (Å²) in [7, 11) is 3.97. The molecule has 134 valence electrons. The Morgan fingerprint density at radius 2 is 1.84 bits per heavy atom. The van der Waals surface area contributed by atoms with Gasteiger partial charge in [0, 0.05) is 11.6 Å². The van der Waals surface area contributed by atoms with Crippen LogP contribution in [0, 0.1) is 0 Å². The summed E-state index contributed by atoms with van der Waals surface area (Å²) in [5.41, 5.74) is 1.14. The van der Waals surface area contributed by atoms with Crippen molar-refractivity contribution in [1.29, 1.82) is 0 Å². The zero-order valence-electron chi connectivity index (χ0n) is 14.5. The molecule has 2 atom stereocenters. The molecule has 0 aromatic heterocycles. The van der Waals surface area contributed by atoms with E-state index in [0.29, 0.717) is 22.3 Å². The Kier molecular flexibility index (Phi) is 7.12. The minimum absolute atomic E-state index is 0.0801. The van der Waals surface area contributed by atoms with Crippen LogP contribution in [0.15, 0.2) is 48.5 Å². The fourth-order valence-corrected chi connectivity index (χ4v) is 2.88. The number of halogens is 2. The topological polar surface area (TPSA) is 41.6 Å². The van der Waals surface area contributed by atoms with Gasteiger partial charge >= 0.3 is 0 Å². The molecular weight excluding hydrogens is 359 g/mol. The van der Waals surface area contributed by atoms with Gasteiger partial charge in [-0.25, -0.2) is 0 Å². The lowest BCUT2D eigenvalue weighted by Crippen LogP contribution is -2.41. The van der Waals surface area contributed by atoms with Gasteiger partial charge in [0.1, 0.15) is 5.75 Å². The molecule has 2 rings (SSSR count). The third-order valence-electron chi connectivity index (χ3n) is 3.84. The van der Waals surface area contributed by atoms with Crippen molar-refractivity contribution in [3.05, 3.63) is 64.1 Å².